The summed E-state index contributed by atoms with van der Waals surface area (Å²) >= 11 is 0. The third-order valence-electron chi connectivity index (χ3n) is 9.30. The second-order valence-corrected chi connectivity index (χ2v) is 10.9. The predicted octanol–water partition coefficient (Wildman–Crippen LogP) is 5.29. The Bertz CT molecular complexity index is 751. The van der Waals surface area contributed by atoms with E-state index < -0.39 is 11.9 Å². The Morgan fingerprint density at radius 2 is 1.77 bits per heavy atom. The van der Waals surface area contributed by atoms with E-state index in [1.165, 1.54) is 50.2 Å². The second-order valence-electron chi connectivity index (χ2n) is 10.9. The van der Waals surface area contributed by atoms with Crippen molar-refractivity contribution in [2.24, 2.45) is 40.4 Å². The van der Waals surface area contributed by atoms with E-state index in [-0.39, 0.29) is 17.4 Å². The summed E-state index contributed by atoms with van der Waals surface area (Å²) in [5.74, 6) is 1.56. The van der Waals surface area contributed by atoms with Crippen LogP contribution in [0.25, 0.3) is 0 Å². The van der Waals surface area contributed by atoms with Gasteiger partial charge < -0.3 is 15.3 Å². The van der Waals surface area contributed by atoms with Crippen molar-refractivity contribution in [3.05, 3.63) is 23.8 Å². The van der Waals surface area contributed by atoms with Gasteiger partial charge >= 0.3 is 5.97 Å². The molecule has 3 saturated carbocycles. The van der Waals surface area contributed by atoms with E-state index in [4.69, 9.17) is 15.0 Å². The number of aliphatic carboxylic acids is 2. The molecule has 5 nitrogen and oxygen atoms in total. The van der Waals surface area contributed by atoms with Gasteiger partial charge in [0.2, 0.25) is 0 Å². The number of carboxylic acids is 2. The lowest BCUT2D eigenvalue weighted by Gasteiger charge is -2.61. The zero-order chi connectivity index (χ0) is 23.0. The van der Waals surface area contributed by atoms with Crippen LogP contribution in [0, 0.1) is 40.4 Å². The van der Waals surface area contributed by atoms with Gasteiger partial charge in [0.05, 0.1) is 6.10 Å². The summed E-state index contributed by atoms with van der Waals surface area (Å²) in [4.78, 5) is 19.9. The van der Waals surface area contributed by atoms with E-state index in [9.17, 15) is 9.90 Å². The fourth-order valence-electron chi connectivity index (χ4n) is 7.87. The molecule has 0 aromatic rings. The van der Waals surface area contributed by atoms with Crippen molar-refractivity contribution >= 4 is 11.9 Å². The van der Waals surface area contributed by atoms with Crippen molar-refractivity contribution in [3.63, 3.8) is 0 Å². The molecule has 4 rings (SSSR count). The number of aliphatic hydroxyl groups is 1. The Hall–Kier alpha value is -1.62. The number of carboxylic acid groups (broad SMARTS) is 2. The summed E-state index contributed by atoms with van der Waals surface area (Å²) in [5, 5.41) is 26.6. The molecule has 0 unspecified atom stereocenters. The van der Waals surface area contributed by atoms with Crippen LogP contribution in [0.2, 0.25) is 0 Å². The number of allylic oxidation sites excluding steroid dienone is 3. The van der Waals surface area contributed by atoms with Crippen molar-refractivity contribution in [3.8, 4) is 0 Å². The molecule has 0 aromatic heterocycles. The molecule has 0 amide bonds. The number of hydrogen-bond donors (Lipinski definition) is 3. The van der Waals surface area contributed by atoms with Crippen LogP contribution in [0.3, 0.4) is 0 Å². The summed E-state index contributed by atoms with van der Waals surface area (Å²) < 4.78 is 0. The molecule has 0 spiro atoms. The number of carbonyl (C=O) groups is 2. The summed E-state index contributed by atoms with van der Waals surface area (Å²) in [6.45, 7) is 8.23. The molecular formula is C26H40O5. The maximum atomic E-state index is 10.9. The topological polar surface area (TPSA) is 94.8 Å². The Kier molecular flexibility index (Phi) is 7.05. The van der Waals surface area contributed by atoms with Crippen molar-refractivity contribution in [1.82, 2.24) is 0 Å². The molecule has 3 fully saturated rings. The highest BCUT2D eigenvalue weighted by Gasteiger charge is 2.58. The quantitative estimate of drug-likeness (QED) is 0.416. The van der Waals surface area contributed by atoms with Crippen LogP contribution >= 0.6 is 0 Å². The van der Waals surface area contributed by atoms with Crippen molar-refractivity contribution in [2.75, 3.05) is 0 Å². The minimum absolute atomic E-state index is 0.0740. The Balaban J connectivity index is 0.000000628. The number of hydrogen-bond acceptors (Lipinski definition) is 3. The molecule has 4 aliphatic rings. The molecular weight excluding hydrogens is 392 g/mol. The molecule has 31 heavy (non-hydrogen) atoms. The average molecular weight is 433 g/mol. The highest BCUT2D eigenvalue weighted by Crippen LogP contribution is 2.66. The molecule has 0 heterocycles. The van der Waals surface area contributed by atoms with Gasteiger partial charge in [-0.15, -0.1) is 0 Å². The first-order chi connectivity index (χ1) is 14.5. The average Bonchev–Trinajstić information content (AvgIpc) is 3.03. The van der Waals surface area contributed by atoms with Crippen LogP contribution in [0.5, 0.6) is 0 Å². The van der Waals surface area contributed by atoms with Crippen molar-refractivity contribution < 1.29 is 24.9 Å². The van der Waals surface area contributed by atoms with E-state index in [1.807, 2.05) is 6.08 Å². The zero-order valence-corrected chi connectivity index (χ0v) is 19.5. The van der Waals surface area contributed by atoms with E-state index in [1.54, 1.807) is 0 Å². The lowest BCUT2D eigenvalue weighted by molar-refractivity contribution is -0.134. The number of fused-ring (bicyclic) bond motifs is 5. The van der Waals surface area contributed by atoms with Gasteiger partial charge in [0.25, 0.3) is 5.97 Å². The van der Waals surface area contributed by atoms with Gasteiger partial charge in [-0.05, 0) is 91.8 Å². The Morgan fingerprint density at radius 1 is 1.10 bits per heavy atom. The zero-order valence-electron chi connectivity index (χ0n) is 19.5. The minimum atomic E-state index is -0.850. The minimum Gasteiger partial charge on any atom is -0.481 e. The third kappa shape index (κ3) is 4.62. The molecule has 0 aliphatic heterocycles. The lowest BCUT2D eigenvalue weighted by Crippen LogP contribution is -2.53. The normalized spacial score (nSPS) is 42.4. The van der Waals surface area contributed by atoms with Gasteiger partial charge in [0, 0.05) is 13.0 Å². The van der Waals surface area contributed by atoms with Crippen LogP contribution in [-0.4, -0.2) is 33.4 Å². The predicted molar refractivity (Wildman–Crippen MR) is 120 cm³/mol. The van der Waals surface area contributed by atoms with Gasteiger partial charge in [-0.3, -0.25) is 4.79 Å². The molecule has 0 saturated heterocycles. The van der Waals surface area contributed by atoms with Gasteiger partial charge in [-0.1, -0.05) is 38.5 Å². The van der Waals surface area contributed by atoms with Gasteiger partial charge in [-0.25, -0.2) is 4.79 Å². The van der Waals surface area contributed by atoms with Crippen LogP contribution in [0.15, 0.2) is 23.8 Å². The molecule has 8 atom stereocenters. The van der Waals surface area contributed by atoms with Gasteiger partial charge in [-0.2, -0.15) is 0 Å². The number of aliphatic hydroxyl groups excluding tert-OH is 1. The third-order valence-corrected chi connectivity index (χ3v) is 9.30. The molecule has 3 N–H and O–H groups in total. The molecule has 5 heteroatoms. The molecule has 0 radical (unpaired) electrons. The molecule has 174 valence electrons. The second kappa shape index (κ2) is 9.09. The van der Waals surface area contributed by atoms with Gasteiger partial charge in [0.1, 0.15) is 0 Å². The smallest absolute Gasteiger partial charge is 0.327 e. The van der Waals surface area contributed by atoms with Crippen molar-refractivity contribution in [1.29, 1.82) is 0 Å². The van der Waals surface area contributed by atoms with Crippen LogP contribution in [0.1, 0.15) is 79.1 Å². The van der Waals surface area contributed by atoms with E-state index in [0.717, 1.165) is 37.5 Å². The first-order valence-corrected chi connectivity index (χ1v) is 12.0. The monoisotopic (exact) mass is 432 g/mol. The fourth-order valence-corrected chi connectivity index (χ4v) is 7.87. The SMILES string of the molecule is CC(=O)O.C[C@H](/C=C/C(=O)O)C1=CC[C@H]2[C@@H]3CC[C@@H]4C[C@@H](O)CC[C@]4(C)[C@H]3CC[C@]12C. The van der Waals surface area contributed by atoms with E-state index in [0.29, 0.717) is 11.3 Å². The summed E-state index contributed by atoms with van der Waals surface area (Å²) in [6, 6.07) is 0. The van der Waals surface area contributed by atoms with Gasteiger partial charge in [0.15, 0.2) is 0 Å². The van der Waals surface area contributed by atoms with E-state index in [2.05, 4.69) is 26.8 Å². The lowest BCUT2D eigenvalue weighted by atomic mass is 9.44. The summed E-state index contributed by atoms with van der Waals surface area (Å²) in [6.07, 6.45) is 15.1. The van der Waals surface area contributed by atoms with Crippen LogP contribution in [-0.2, 0) is 9.59 Å². The largest absolute Gasteiger partial charge is 0.481 e. The Labute approximate surface area is 186 Å². The first-order valence-electron chi connectivity index (χ1n) is 12.0. The fraction of sp³-hybridized carbons (Fsp3) is 0.769. The molecule has 0 bridgehead atoms. The standard InChI is InChI=1S/C24H36O3.C2H4O2/c1-15(4-9-22(26)27)19-7-8-20-18-6-5-16-14-17(25)10-12-23(16,2)21(18)11-13-24(19,20)3;1-2(3)4/h4,7,9,15-18,20-21,25H,5-6,8,10-14H2,1-3H3,(H,26,27);1H3,(H,3,4)/b9-4+;/t15-,16-,17+,18+,20+,21+,23+,24-;/m1./s1. The highest BCUT2D eigenvalue weighted by atomic mass is 16.4. The molecule has 4 aliphatic carbocycles. The molecule has 0 aromatic carbocycles. The summed E-state index contributed by atoms with van der Waals surface area (Å²) in [5.41, 5.74) is 2.14. The maximum Gasteiger partial charge on any atom is 0.327 e. The van der Waals surface area contributed by atoms with Crippen LogP contribution < -0.4 is 0 Å². The van der Waals surface area contributed by atoms with E-state index >= 15 is 0 Å². The summed E-state index contributed by atoms with van der Waals surface area (Å²) in [7, 11) is 0. The van der Waals surface area contributed by atoms with Crippen LogP contribution in [0.4, 0.5) is 0 Å². The number of rotatable bonds is 3. The maximum absolute atomic E-state index is 10.9. The van der Waals surface area contributed by atoms with Crippen molar-refractivity contribution in [2.45, 2.75) is 85.2 Å². The Morgan fingerprint density at radius 3 is 2.42 bits per heavy atom. The first kappa shape index (κ1) is 24.0. The highest BCUT2D eigenvalue weighted by molar-refractivity contribution is 5.79.